The van der Waals surface area contributed by atoms with Crippen molar-refractivity contribution in [1.29, 1.82) is 0 Å². The molecular weight excluding hydrogens is 547 g/mol. The van der Waals surface area contributed by atoms with E-state index in [0.29, 0.717) is 28.6 Å². The number of nitrogens with zero attached hydrogens (tertiary/aromatic N) is 1. The number of amides is 2. The van der Waals surface area contributed by atoms with Crippen molar-refractivity contribution in [3.8, 4) is 0 Å². The largest absolute Gasteiger partial charge is 0.352 e. The second-order valence-electron chi connectivity index (χ2n) is 10.1. The van der Waals surface area contributed by atoms with Crippen molar-refractivity contribution < 1.29 is 9.59 Å². The molecule has 1 N–H and O–H groups in total. The average molecular weight is 584 g/mol. The number of halogens is 2. The molecule has 206 valence electrons. The molecule has 7 heteroatoms. The number of carbonyl (C=O) groups excluding carboxylic acids is 2. The third-order valence-electron chi connectivity index (χ3n) is 7.13. The highest BCUT2D eigenvalue weighted by atomic mass is 35.5. The quantitative estimate of drug-likeness (QED) is 0.222. The van der Waals surface area contributed by atoms with Gasteiger partial charge in [-0.3, -0.25) is 9.59 Å². The van der Waals surface area contributed by atoms with Crippen molar-refractivity contribution in [1.82, 2.24) is 10.2 Å². The van der Waals surface area contributed by atoms with Gasteiger partial charge in [0.05, 0.1) is 10.0 Å². The van der Waals surface area contributed by atoms with Crippen molar-refractivity contribution in [2.24, 2.45) is 0 Å². The van der Waals surface area contributed by atoms with Gasteiger partial charge in [-0.15, -0.1) is 0 Å². The van der Waals surface area contributed by atoms with Gasteiger partial charge >= 0.3 is 0 Å². The van der Waals surface area contributed by atoms with Crippen molar-refractivity contribution in [2.75, 3.05) is 5.75 Å². The fourth-order valence-electron chi connectivity index (χ4n) is 5.00. The van der Waals surface area contributed by atoms with Crippen molar-refractivity contribution in [3.63, 3.8) is 0 Å². The summed E-state index contributed by atoms with van der Waals surface area (Å²) >= 11 is 14.2. The summed E-state index contributed by atoms with van der Waals surface area (Å²) in [6.07, 6.45) is 6.23. The summed E-state index contributed by atoms with van der Waals surface area (Å²) in [5.41, 5.74) is 3.10. The molecule has 1 atom stereocenters. The molecule has 3 aromatic rings. The molecular formula is C32H36Cl2N2O2S. The lowest BCUT2D eigenvalue weighted by Gasteiger charge is -2.33. The summed E-state index contributed by atoms with van der Waals surface area (Å²) in [5.74, 6) is 1.39. The van der Waals surface area contributed by atoms with E-state index in [0.717, 1.165) is 42.6 Å². The van der Waals surface area contributed by atoms with Crippen LogP contribution in [0.5, 0.6) is 0 Å². The summed E-state index contributed by atoms with van der Waals surface area (Å²) in [4.78, 5) is 29.4. The van der Waals surface area contributed by atoms with Gasteiger partial charge in [-0.1, -0.05) is 109 Å². The van der Waals surface area contributed by atoms with Crippen molar-refractivity contribution in [2.45, 2.75) is 69.3 Å². The maximum Gasteiger partial charge on any atom is 0.243 e. The number of rotatable bonds is 12. The molecule has 1 fully saturated rings. The number of thioether (sulfide) groups is 1. The zero-order chi connectivity index (χ0) is 27.5. The molecule has 1 saturated carbocycles. The molecule has 0 heterocycles. The van der Waals surface area contributed by atoms with E-state index in [1.54, 1.807) is 28.8 Å². The Kier molecular flexibility index (Phi) is 11.6. The smallest absolute Gasteiger partial charge is 0.243 e. The van der Waals surface area contributed by atoms with E-state index in [9.17, 15) is 9.59 Å². The van der Waals surface area contributed by atoms with E-state index >= 15 is 0 Å². The second-order valence-corrected chi connectivity index (χ2v) is 12.0. The Hall–Kier alpha value is -2.47. The van der Waals surface area contributed by atoms with E-state index < -0.39 is 6.04 Å². The molecule has 0 aliphatic heterocycles. The van der Waals surface area contributed by atoms with E-state index in [-0.39, 0.29) is 24.4 Å². The average Bonchev–Trinajstić information content (AvgIpc) is 2.96. The Balaban J connectivity index is 1.54. The molecule has 4 rings (SSSR count). The number of hydrogen-bond acceptors (Lipinski definition) is 3. The highest BCUT2D eigenvalue weighted by molar-refractivity contribution is 7.98. The monoisotopic (exact) mass is 582 g/mol. The first-order valence-corrected chi connectivity index (χ1v) is 15.6. The van der Waals surface area contributed by atoms with E-state index in [1.165, 1.54) is 12.0 Å². The Morgan fingerprint density at radius 1 is 0.846 bits per heavy atom. The van der Waals surface area contributed by atoms with Crippen LogP contribution in [0.25, 0.3) is 0 Å². The number of benzene rings is 3. The van der Waals surface area contributed by atoms with Gasteiger partial charge in [0.2, 0.25) is 11.8 Å². The van der Waals surface area contributed by atoms with Crippen molar-refractivity contribution in [3.05, 3.63) is 106 Å². The van der Waals surface area contributed by atoms with Gasteiger partial charge in [-0.25, -0.2) is 0 Å². The molecule has 1 unspecified atom stereocenters. The van der Waals surface area contributed by atoms with Gasteiger partial charge in [0.1, 0.15) is 6.04 Å². The molecule has 1 aliphatic carbocycles. The van der Waals surface area contributed by atoms with Crippen LogP contribution in [0.1, 0.15) is 55.2 Å². The lowest BCUT2D eigenvalue weighted by molar-refractivity contribution is -0.141. The minimum Gasteiger partial charge on any atom is -0.352 e. The van der Waals surface area contributed by atoms with Crippen LogP contribution in [-0.4, -0.2) is 34.6 Å². The molecule has 0 bridgehead atoms. The van der Waals surface area contributed by atoms with E-state index in [1.807, 2.05) is 54.6 Å². The van der Waals surface area contributed by atoms with Crippen LogP contribution < -0.4 is 5.32 Å². The van der Waals surface area contributed by atoms with Crippen molar-refractivity contribution >= 4 is 46.8 Å². The Morgan fingerprint density at radius 2 is 1.51 bits per heavy atom. The lowest BCUT2D eigenvalue weighted by Crippen LogP contribution is -2.52. The molecule has 0 saturated heterocycles. The standard InChI is InChI=1S/C32H36Cl2N2O2S/c33-28-17-16-26(20-29(28)34)22-36(31(37)18-19-39-23-25-12-6-2-7-13-25)30(21-24-10-4-1-5-11-24)32(38)35-27-14-8-3-9-15-27/h1-2,4-7,10-13,16-17,20,27,30H,3,8-9,14-15,18-19,21-23H2,(H,35,38). The van der Waals surface area contributed by atoms with E-state index in [4.69, 9.17) is 23.2 Å². The normalized spacial score (nSPS) is 14.5. The maximum atomic E-state index is 13.8. The highest BCUT2D eigenvalue weighted by Crippen LogP contribution is 2.25. The molecule has 0 spiro atoms. The summed E-state index contributed by atoms with van der Waals surface area (Å²) in [6, 6.07) is 25.1. The summed E-state index contributed by atoms with van der Waals surface area (Å²) in [7, 11) is 0. The van der Waals surface area contributed by atoms with Gasteiger partial charge in [-0.2, -0.15) is 11.8 Å². The number of hydrogen-bond donors (Lipinski definition) is 1. The molecule has 3 aromatic carbocycles. The minimum atomic E-state index is -0.629. The molecule has 0 aromatic heterocycles. The minimum absolute atomic E-state index is 0.0404. The second kappa shape index (κ2) is 15.4. The third kappa shape index (κ3) is 9.30. The Bertz CT molecular complexity index is 1200. The summed E-state index contributed by atoms with van der Waals surface area (Å²) in [6.45, 7) is 0.286. The zero-order valence-corrected chi connectivity index (χ0v) is 24.5. The van der Waals surface area contributed by atoms with Gasteiger partial charge in [-0.05, 0) is 41.7 Å². The fraction of sp³-hybridized carbons (Fsp3) is 0.375. The molecule has 39 heavy (non-hydrogen) atoms. The molecule has 4 nitrogen and oxygen atoms in total. The molecule has 1 aliphatic rings. The molecule has 2 amide bonds. The van der Waals surface area contributed by atoms with Crippen LogP contribution in [0.3, 0.4) is 0 Å². The third-order valence-corrected chi connectivity index (χ3v) is 8.90. The maximum absolute atomic E-state index is 13.8. The van der Waals surface area contributed by atoms with Crippen LogP contribution >= 0.6 is 35.0 Å². The number of carbonyl (C=O) groups is 2. The first-order valence-electron chi connectivity index (χ1n) is 13.7. The Labute approximate surface area is 246 Å². The van der Waals surface area contributed by atoms with Gasteiger partial charge in [0.15, 0.2) is 0 Å². The fourth-order valence-corrected chi connectivity index (χ4v) is 6.21. The zero-order valence-electron chi connectivity index (χ0n) is 22.2. The predicted octanol–water partition coefficient (Wildman–Crippen LogP) is 7.71. The topological polar surface area (TPSA) is 49.4 Å². The SMILES string of the molecule is O=C(NC1CCCCC1)C(Cc1ccccc1)N(Cc1ccc(Cl)c(Cl)c1)C(=O)CCSCc1ccccc1. The lowest BCUT2D eigenvalue weighted by atomic mass is 9.94. The first kappa shape index (κ1) is 29.5. The van der Waals surface area contributed by atoms with Gasteiger partial charge in [0, 0.05) is 36.9 Å². The van der Waals surface area contributed by atoms with E-state index in [2.05, 4.69) is 17.4 Å². The summed E-state index contributed by atoms with van der Waals surface area (Å²) in [5, 5.41) is 4.19. The van der Waals surface area contributed by atoms with Crippen LogP contribution in [0.2, 0.25) is 10.0 Å². The van der Waals surface area contributed by atoms with Crippen LogP contribution in [0, 0.1) is 0 Å². The van der Waals surface area contributed by atoms with Gasteiger partial charge in [0.25, 0.3) is 0 Å². The number of nitrogens with one attached hydrogen (secondary N) is 1. The van der Waals surface area contributed by atoms with Crippen LogP contribution in [0.4, 0.5) is 0 Å². The van der Waals surface area contributed by atoms with Gasteiger partial charge < -0.3 is 10.2 Å². The van der Waals surface area contributed by atoms with Crippen LogP contribution in [-0.2, 0) is 28.3 Å². The molecule has 0 radical (unpaired) electrons. The van der Waals surface area contributed by atoms with Crippen LogP contribution in [0.15, 0.2) is 78.9 Å². The predicted molar refractivity (Wildman–Crippen MR) is 163 cm³/mol. The highest BCUT2D eigenvalue weighted by Gasteiger charge is 2.31. The Morgan fingerprint density at radius 3 is 2.18 bits per heavy atom. The first-order chi connectivity index (χ1) is 19.0. The summed E-state index contributed by atoms with van der Waals surface area (Å²) < 4.78 is 0.